The number of nitrogens with zero attached hydrogens (tertiary/aromatic N) is 2. The molecule has 1 amide bonds. The van der Waals surface area contributed by atoms with Crippen LogP contribution < -0.4 is 0 Å². The van der Waals surface area contributed by atoms with Crippen LogP contribution in [0.15, 0.2) is 54.4 Å². The van der Waals surface area contributed by atoms with Gasteiger partial charge in [-0.05, 0) is 42.3 Å². The van der Waals surface area contributed by atoms with Crippen molar-refractivity contribution in [2.75, 3.05) is 6.54 Å². The monoisotopic (exact) mass is 340 g/mol. The SMILES string of the molecule is CCCN1C(=O)C(=O)/C(=C(\O)c2ccc(F)cc2)C1c1cccnc1. The fourth-order valence-corrected chi connectivity index (χ4v) is 3.00. The molecule has 1 atom stereocenters. The second kappa shape index (κ2) is 6.84. The maximum Gasteiger partial charge on any atom is 0.295 e. The van der Waals surface area contributed by atoms with E-state index in [-0.39, 0.29) is 16.9 Å². The topological polar surface area (TPSA) is 70.5 Å². The first-order valence-corrected chi connectivity index (χ1v) is 7.99. The van der Waals surface area contributed by atoms with Crippen molar-refractivity contribution in [2.45, 2.75) is 19.4 Å². The summed E-state index contributed by atoms with van der Waals surface area (Å²) >= 11 is 0. The van der Waals surface area contributed by atoms with Gasteiger partial charge in [0.25, 0.3) is 11.7 Å². The second-order valence-electron chi connectivity index (χ2n) is 5.79. The number of pyridine rings is 1. The molecule has 2 heterocycles. The zero-order valence-electron chi connectivity index (χ0n) is 13.6. The minimum atomic E-state index is -0.746. The van der Waals surface area contributed by atoms with E-state index in [4.69, 9.17) is 0 Å². The van der Waals surface area contributed by atoms with Gasteiger partial charge >= 0.3 is 0 Å². The number of hydrogen-bond donors (Lipinski definition) is 1. The van der Waals surface area contributed by atoms with Gasteiger partial charge in [0.05, 0.1) is 11.6 Å². The molecule has 1 aromatic carbocycles. The molecule has 1 N–H and O–H groups in total. The van der Waals surface area contributed by atoms with Gasteiger partial charge in [-0.3, -0.25) is 14.6 Å². The van der Waals surface area contributed by atoms with Gasteiger partial charge in [-0.1, -0.05) is 13.0 Å². The summed E-state index contributed by atoms with van der Waals surface area (Å²) in [6.45, 7) is 2.28. The number of benzene rings is 1. The highest BCUT2D eigenvalue weighted by atomic mass is 19.1. The maximum atomic E-state index is 13.1. The Morgan fingerprint density at radius 3 is 2.56 bits per heavy atom. The van der Waals surface area contributed by atoms with Gasteiger partial charge in [0.2, 0.25) is 0 Å². The predicted octanol–water partition coefficient (Wildman–Crippen LogP) is 3.05. The molecule has 0 bridgehead atoms. The smallest absolute Gasteiger partial charge is 0.295 e. The minimum Gasteiger partial charge on any atom is -0.507 e. The zero-order chi connectivity index (χ0) is 18.0. The summed E-state index contributed by atoms with van der Waals surface area (Å²) in [5.41, 5.74) is 0.918. The average Bonchev–Trinajstić information content (AvgIpc) is 2.88. The molecule has 6 heteroatoms. The largest absolute Gasteiger partial charge is 0.507 e. The van der Waals surface area contributed by atoms with E-state index in [2.05, 4.69) is 4.98 Å². The van der Waals surface area contributed by atoms with E-state index >= 15 is 0 Å². The highest BCUT2D eigenvalue weighted by Gasteiger charge is 2.45. The summed E-state index contributed by atoms with van der Waals surface area (Å²) < 4.78 is 13.1. The summed E-state index contributed by atoms with van der Waals surface area (Å²) in [4.78, 5) is 30.5. The van der Waals surface area contributed by atoms with Crippen LogP contribution in [0, 0.1) is 5.82 Å². The number of ketones is 1. The fraction of sp³-hybridized carbons (Fsp3) is 0.211. The summed E-state index contributed by atoms with van der Waals surface area (Å²) in [5.74, 6) is -2.17. The number of likely N-dealkylation sites (tertiary alicyclic amines) is 1. The van der Waals surface area contributed by atoms with Crippen molar-refractivity contribution < 1.29 is 19.1 Å². The Kier molecular flexibility index (Phi) is 4.61. The van der Waals surface area contributed by atoms with Crippen LogP contribution in [0.4, 0.5) is 4.39 Å². The number of halogens is 1. The molecule has 1 aromatic heterocycles. The number of amides is 1. The number of carbonyl (C=O) groups excluding carboxylic acids is 2. The lowest BCUT2D eigenvalue weighted by Crippen LogP contribution is -2.30. The normalized spacial score (nSPS) is 19.4. The summed E-state index contributed by atoms with van der Waals surface area (Å²) in [7, 11) is 0. The molecule has 0 aliphatic carbocycles. The van der Waals surface area contributed by atoms with E-state index in [0.29, 0.717) is 18.5 Å². The second-order valence-corrected chi connectivity index (χ2v) is 5.79. The third-order valence-electron chi connectivity index (χ3n) is 4.12. The summed E-state index contributed by atoms with van der Waals surface area (Å²) in [6.07, 6.45) is 3.83. The molecule has 3 rings (SSSR count). The number of aromatic nitrogens is 1. The van der Waals surface area contributed by atoms with Crippen LogP contribution in [-0.4, -0.2) is 33.2 Å². The number of hydrogen-bond acceptors (Lipinski definition) is 4. The number of rotatable bonds is 4. The molecule has 1 fully saturated rings. The van der Waals surface area contributed by atoms with Gasteiger partial charge in [-0.2, -0.15) is 0 Å². The van der Waals surface area contributed by atoms with Crippen molar-refractivity contribution >= 4 is 17.4 Å². The number of aliphatic hydroxyl groups is 1. The van der Waals surface area contributed by atoms with Crippen LogP contribution in [0.2, 0.25) is 0 Å². The highest BCUT2D eigenvalue weighted by Crippen LogP contribution is 2.39. The van der Waals surface area contributed by atoms with E-state index in [9.17, 15) is 19.1 Å². The highest BCUT2D eigenvalue weighted by molar-refractivity contribution is 6.46. The van der Waals surface area contributed by atoms with Crippen molar-refractivity contribution in [1.29, 1.82) is 0 Å². The van der Waals surface area contributed by atoms with E-state index < -0.39 is 23.5 Å². The van der Waals surface area contributed by atoms with Gasteiger partial charge in [0.15, 0.2) is 0 Å². The molecule has 1 saturated heterocycles. The van der Waals surface area contributed by atoms with Crippen LogP contribution in [0.3, 0.4) is 0 Å². The number of Topliss-reactive ketones (excluding diaryl/α,β-unsaturated/α-hetero) is 1. The van der Waals surface area contributed by atoms with E-state index in [1.54, 1.807) is 24.5 Å². The van der Waals surface area contributed by atoms with Gasteiger partial charge in [0, 0.05) is 24.5 Å². The lowest BCUT2D eigenvalue weighted by atomic mass is 9.96. The predicted molar refractivity (Wildman–Crippen MR) is 89.9 cm³/mol. The maximum absolute atomic E-state index is 13.1. The lowest BCUT2D eigenvalue weighted by Gasteiger charge is -2.24. The van der Waals surface area contributed by atoms with Crippen molar-refractivity contribution in [3.05, 3.63) is 71.3 Å². The Morgan fingerprint density at radius 2 is 1.96 bits per heavy atom. The molecule has 1 aliphatic heterocycles. The Morgan fingerprint density at radius 1 is 1.24 bits per heavy atom. The summed E-state index contributed by atoms with van der Waals surface area (Å²) in [6, 6.07) is 7.88. The zero-order valence-corrected chi connectivity index (χ0v) is 13.6. The van der Waals surface area contributed by atoms with Gasteiger partial charge in [-0.25, -0.2) is 4.39 Å². The van der Waals surface area contributed by atoms with Crippen molar-refractivity contribution in [2.24, 2.45) is 0 Å². The van der Waals surface area contributed by atoms with E-state index in [0.717, 1.165) is 0 Å². The molecular weight excluding hydrogens is 323 g/mol. The third-order valence-corrected chi connectivity index (χ3v) is 4.12. The Labute approximate surface area is 144 Å². The van der Waals surface area contributed by atoms with Gasteiger partial charge < -0.3 is 10.0 Å². The number of aliphatic hydroxyl groups excluding tert-OH is 1. The third kappa shape index (κ3) is 3.03. The standard InChI is InChI=1S/C19H17FN2O3/c1-2-10-22-16(13-4-3-9-21-11-13)15(18(24)19(22)25)17(23)12-5-7-14(20)8-6-12/h3-9,11,16,23H,2,10H2,1H3/b17-15-. The Balaban J connectivity index is 2.17. The molecule has 0 radical (unpaired) electrons. The van der Waals surface area contributed by atoms with Gasteiger partial charge in [0.1, 0.15) is 11.6 Å². The summed E-state index contributed by atoms with van der Waals surface area (Å²) in [5, 5.41) is 10.7. The van der Waals surface area contributed by atoms with Crippen LogP contribution in [-0.2, 0) is 9.59 Å². The molecule has 1 aliphatic rings. The molecule has 2 aromatic rings. The molecule has 25 heavy (non-hydrogen) atoms. The first-order valence-electron chi connectivity index (χ1n) is 7.99. The number of carbonyl (C=O) groups is 2. The first kappa shape index (κ1) is 16.8. The molecule has 128 valence electrons. The Hall–Kier alpha value is -3.02. The fourth-order valence-electron chi connectivity index (χ4n) is 3.00. The molecule has 0 saturated carbocycles. The van der Waals surface area contributed by atoms with E-state index in [1.165, 1.54) is 29.2 Å². The van der Waals surface area contributed by atoms with Crippen LogP contribution in [0.1, 0.15) is 30.5 Å². The van der Waals surface area contributed by atoms with Crippen LogP contribution in [0.5, 0.6) is 0 Å². The minimum absolute atomic E-state index is 0.00180. The quantitative estimate of drug-likeness (QED) is 0.528. The lowest BCUT2D eigenvalue weighted by molar-refractivity contribution is -0.139. The van der Waals surface area contributed by atoms with Crippen LogP contribution >= 0.6 is 0 Å². The van der Waals surface area contributed by atoms with Crippen molar-refractivity contribution in [3.8, 4) is 0 Å². The molecule has 0 spiro atoms. The van der Waals surface area contributed by atoms with E-state index in [1.807, 2.05) is 6.92 Å². The first-order chi connectivity index (χ1) is 12.0. The molecule has 5 nitrogen and oxygen atoms in total. The molecular formula is C19H17FN2O3. The van der Waals surface area contributed by atoms with Crippen LogP contribution in [0.25, 0.3) is 5.76 Å². The molecule has 1 unspecified atom stereocenters. The van der Waals surface area contributed by atoms with Crippen molar-refractivity contribution in [1.82, 2.24) is 9.88 Å². The van der Waals surface area contributed by atoms with Crippen molar-refractivity contribution in [3.63, 3.8) is 0 Å². The average molecular weight is 340 g/mol. The van der Waals surface area contributed by atoms with Gasteiger partial charge in [-0.15, -0.1) is 0 Å². The Bertz CT molecular complexity index is 832.